The monoisotopic (exact) mass is 609 g/mol. The molecule has 238 valence electrons. The van der Waals surface area contributed by atoms with Crippen LogP contribution in [-0.4, -0.2) is 73.8 Å². The summed E-state index contributed by atoms with van der Waals surface area (Å²) in [5.41, 5.74) is 8.54. The number of piperidine rings is 1. The molecule has 0 bridgehead atoms. The van der Waals surface area contributed by atoms with Crippen LogP contribution in [0.15, 0.2) is 24.8 Å². The average Bonchev–Trinajstić information content (AvgIpc) is 3.79. The topological polar surface area (TPSA) is 105 Å². The van der Waals surface area contributed by atoms with E-state index in [-0.39, 0.29) is 35.1 Å². The van der Waals surface area contributed by atoms with Crippen LogP contribution in [0, 0.1) is 23.6 Å². The van der Waals surface area contributed by atoms with Crippen molar-refractivity contribution >= 4 is 11.7 Å². The van der Waals surface area contributed by atoms with Gasteiger partial charge in [0.25, 0.3) is 0 Å². The fourth-order valence-electron chi connectivity index (χ4n) is 8.38. The van der Waals surface area contributed by atoms with Crippen molar-refractivity contribution in [3.8, 4) is 11.4 Å². The summed E-state index contributed by atoms with van der Waals surface area (Å²) in [5.74, 6) is -2.13. The number of nitrogens with two attached hydrogens (primary N) is 1. The SMILES string of the molecule is C=CC(=O)C1CCc2nn(-c3ccc(C4CC4)c(F)c3O)c3c2C(C1)N(C(=O)C1CN(CC)C(C(C)(C)F)C(C)C1N)CC3. The standard InChI is InChI=1S/C34H45F2N5O3/c1-6-27(42)20-10-12-23-28-24(41(38-23)25-13-11-21(19-8-9-19)29(35)31(25)43)14-15-40(26(28)16-20)33(44)22-17-39(7-2)32(34(4,5)36)18(3)30(22)37/h6,11,13,18-20,22,26,30,32,43H,1,7-10,12,14-17,37H2,2-5H3. The quantitative estimate of drug-likeness (QED) is 0.439. The third-order valence-corrected chi connectivity index (χ3v) is 10.7. The molecule has 0 spiro atoms. The number of halogens is 2. The maximum Gasteiger partial charge on any atom is 0.229 e. The number of aromatic nitrogens is 2. The van der Waals surface area contributed by atoms with Crippen LogP contribution in [0.2, 0.25) is 0 Å². The Morgan fingerprint density at radius 2 is 1.95 bits per heavy atom. The number of ketones is 1. The highest BCUT2D eigenvalue weighted by Crippen LogP contribution is 2.47. The predicted octanol–water partition coefficient (Wildman–Crippen LogP) is 4.76. The summed E-state index contributed by atoms with van der Waals surface area (Å²) in [5, 5.41) is 15.9. The van der Waals surface area contributed by atoms with Crippen molar-refractivity contribution in [2.24, 2.45) is 23.5 Å². The van der Waals surface area contributed by atoms with Crippen LogP contribution in [0.4, 0.5) is 8.78 Å². The Hall–Kier alpha value is -3.11. The minimum absolute atomic E-state index is 0.0638. The number of rotatable bonds is 7. The summed E-state index contributed by atoms with van der Waals surface area (Å²) >= 11 is 0. The smallest absolute Gasteiger partial charge is 0.229 e. The Bertz CT molecular complexity index is 1480. The lowest BCUT2D eigenvalue weighted by molar-refractivity contribution is -0.146. The average molecular weight is 610 g/mol. The summed E-state index contributed by atoms with van der Waals surface area (Å²) in [6.07, 6.45) is 5.10. The summed E-state index contributed by atoms with van der Waals surface area (Å²) in [6, 6.07) is 2.10. The minimum atomic E-state index is -1.48. The molecule has 10 heteroatoms. The van der Waals surface area contributed by atoms with Gasteiger partial charge in [-0.2, -0.15) is 5.10 Å². The summed E-state index contributed by atoms with van der Waals surface area (Å²) in [4.78, 5) is 31.3. The zero-order valence-electron chi connectivity index (χ0n) is 26.2. The van der Waals surface area contributed by atoms with E-state index >= 15 is 8.78 Å². The van der Waals surface area contributed by atoms with E-state index in [0.717, 1.165) is 29.8 Å². The zero-order chi connectivity index (χ0) is 31.7. The van der Waals surface area contributed by atoms with Crippen LogP contribution < -0.4 is 5.73 Å². The van der Waals surface area contributed by atoms with Gasteiger partial charge < -0.3 is 15.7 Å². The van der Waals surface area contributed by atoms with Gasteiger partial charge in [0.15, 0.2) is 17.3 Å². The zero-order valence-corrected chi connectivity index (χ0v) is 26.2. The number of aromatic hydroxyl groups is 1. The Morgan fingerprint density at radius 1 is 1.23 bits per heavy atom. The first-order chi connectivity index (χ1) is 20.9. The molecule has 3 N–H and O–H groups in total. The summed E-state index contributed by atoms with van der Waals surface area (Å²) in [6.45, 7) is 12.1. The van der Waals surface area contributed by atoms with Crippen molar-refractivity contribution < 1.29 is 23.5 Å². The van der Waals surface area contributed by atoms with Crippen LogP contribution >= 0.6 is 0 Å². The van der Waals surface area contributed by atoms with E-state index in [0.29, 0.717) is 50.9 Å². The van der Waals surface area contributed by atoms with E-state index in [4.69, 9.17) is 10.8 Å². The van der Waals surface area contributed by atoms with Gasteiger partial charge in [-0.25, -0.2) is 13.5 Å². The molecule has 2 aliphatic carbocycles. The van der Waals surface area contributed by atoms with Crippen molar-refractivity contribution in [2.75, 3.05) is 19.6 Å². The number of likely N-dealkylation sites (tertiary alicyclic amines) is 1. The van der Waals surface area contributed by atoms with E-state index in [1.165, 1.54) is 6.08 Å². The fourth-order valence-corrected chi connectivity index (χ4v) is 8.38. The maximum absolute atomic E-state index is 15.3. The molecule has 1 saturated heterocycles. The molecule has 2 aliphatic heterocycles. The molecular formula is C34H45F2N5O3. The first-order valence-electron chi connectivity index (χ1n) is 16.1. The second kappa shape index (κ2) is 11.4. The van der Waals surface area contributed by atoms with Gasteiger partial charge in [0.05, 0.1) is 23.3 Å². The maximum atomic E-state index is 15.3. The number of phenols is 1. The number of nitrogens with zero attached hydrogens (tertiary/aromatic N) is 4. The number of aryl methyl sites for hydroxylation is 1. The first-order valence-corrected chi connectivity index (χ1v) is 16.1. The molecule has 1 amide bonds. The van der Waals surface area contributed by atoms with Gasteiger partial charge in [0.2, 0.25) is 5.91 Å². The van der Waals surface area contributed by atoms with Crippen molar-refractivity contribution in [2.45, 2.75) is 95.9 Å². The molecule has 44 heavy (non-hydrogen) atoms. The number of amides is 1. The molecular weight excluding hydrogens is 564 g/mol. The van der Waals surface area contributed by atoms with Gasteiger partial charge in [-0.15, -0.1) is 0 Å². The van der Waals surface area contributed by atoms with Gasteiger partial charge in [0, 0.05) is 43.1 Å². The molecule has 8 nitrogen and oxygen atoms in total. The molecule has 6 rings (SSSR count). The molecule has 0 radical (unpaired) electrons. The van der Waals surface area contributed by atoms with Gasteiger partial charge >= 0.3 is 0 Å². The molecule has 1 aromatic carbocycles. The molecule has 2 aromatic rings. The van der Waals surface area contributed by atoms with Gasteiger partial charge in [-0.05, 0) is 82.0 Å². The van der Waals surface area contributed by atoms with Crippen molar-refractivity contribution in [3.63, 3.8) is 0 Å². The Morgan fingerprint density at radius 3 is 2.59 bits per heavy atom. The Balaban J connectivity index is 1.38. The fraction of sp³-hybridized carbons (Fsp3) is 0.618. The van der Waals surface area contributed by atoms with E-state index < -0.39 is 41.3 Å². The Kier molecular flexibility index (Phi) is 7.97. The number of hydrogen-bond acceptors (Lipinski definition) is 6. The third-order valence-electron chi connectivity index (χ3n) is 10.7. The van der Waals surface area contributed by atoms with Crippen LogP contribution in [0.5, 0.6) is 5.75 Å². The van der Waals surface area contributed by atoms with Crippen LogP contribution in [0.25, 0.3) is 5.69 Å². The van der Waals surface area contributed by atoms with Gasteiger partial charge in [-0.1, -0.05) is 26.5 Å². The molecule has 1 saturated carbocycles. The lowest BCUT2D eigenvalue weighted by atomic mass is 9.74. The van der Waals surface area contributed by atoms with Crippen LogP contribution in [-0.2, 0) is 22.4 Å². The predicted molar refractivity (Wildman–Crippen MR) is 164 cm³/mol. The molecule has 2 fully saturated rings. The largest absolute Gasteiger partial charge is 0.503 e. The second-order valence-electron chi connectivity index (χ2n) is 13.8. The molecule has 4 aliphatic rings. The number of allylic oxidation sites excluding steroid dienone is 1. The highest BCUT2D eigenvalue weighted by atomic mass is 19.1. The third kappa shape index (κ3) is 5.07. The number of carbonyl (C=O) groups excluding carboxylic acids is 2. The lowest BCUT2D eigenvalue weighted by Gasteiger charge is -2.51. The highest BCUT2D eigenvalue weighted by Gasteiger charge is 2.50. The van der Waals surface area contributed by atoms with E-state index in [2.05, 4.69) is 6.58 Å². The van der Waals surface area contributed by atoms with Gasteiger partial charge in [0.1, 0.15) is 11.4 Å². The summed E-state index contributed by atoms with van der Waals surface area (Å²) in [7, 11) is 0. The minimum Gasteiger partial charge on any atom is -0.503 e. The number of alkyl halides is 1. The molecule has 3 heterocycles. The summed E-state index contributed by atoms with van der Waals surface area (Å²) < 4.78 is 32.2. The number of phenolic OH excluding ortho intramolecular Hbond substituents is 1. The number of benzene rings is 1. The van der Waals surface area contributed by atoms with Crippen molar-refractivity contribution in [3.05, 3.63) is 53.1 Å². The number of carbonyl (C=O) groups is 2. The first kappa shape index (κ1) is 30.9. The molecule has 6 atom stereocenters. The second-order valence-corrected chi connectivity index (χ2v) is 13.8. The van der Waals surface area contributed by atoms with E-state index in [9.17, 15) is 14.7 Å². The van der Waals surface area contributed by atoms with E-state index in [1.807, 2.05) is 23.6 Å². The van der Waals surface area contributed by atoms with Gasteiger partial charge in [-0.3, -0.25) is 14.5 Å². The molecule has 1 aromatic heterocycles. The lowest BCUT2D eigenvalue weighted by Crippen LogP contribution is -2.66. The normalized spacial score (nSPS) is 29.2. The molecule has 6 unspecified atom stereocenters. The number of hydrogen-bond donors (Lipinski definition) is 2. The van der Waals surface area contributed by atoms with Crippen molar-refractivity contribution in [1.29, 1.82) is 0 Å². The van der Waals surface area contributed by atoms with E-state index in [1.54, 1.807) is 30.7 Å². The van der Waals surface area contributed by atoms with Crippen LogP contribution in [0.3, 0.4) is 0 Å². The Labute approximate surface area is 258 Å². The highest BCUT2D eigenvalue weighted by molar-refractivity contribution is 5.91. The van der Waals surface area contributed by atoms with Crippen molar-refractivity contribution in [1.82, 2.24) is 19.6 Å². The van der Waals surface area contributed by atoms with Crippen LogP contribution in [0.1, 0.15) is 87.9 Å².